The molecule has 0 aliphatic carbocycles. The predicted molar refractivity (Wildman–Crippen MR) is 96.7 cm³/mol. The van der Waals surface area contributed by atoms with Gasteiger partial charge in [-0.2, -0.15) is 0 Å². The van der Waals surface area contributed by atoms with E-state index in [1.165, 1.54) is 22.3 Å². The van der Waals surface area contributed by atoms with Gasteiger partial charge < -0.3 is 10.6 Å². The van der Waals surface area contributed by atoms with E-state index < -0.39 is 0 Å². The van der Waals surface area contributed by atoms with Crippen LogP contribution < -0.4 is 10.6 Å². The fourth-order valence-electron chi connectivity index (χ4n) is 2.71. The maximum atomic E-state index is 12.3. The van der Waals surface area contributed by atoms with Crippen molar-refractivity contribution < 1.29 is 4.79 Å². The fraction of sp³-hybridized carbons (Fsp3) is 0.350. The molecule has 0 aromatic heterocycles. The molecule has 122 valence electrons. The third-order valence-electron chi connectivity index (χ3n) is 4.13. The van der Waals surface area contributed by atoms with Crippen LogP contribution in [0.5, 0.6) is 0 Å². The Balaban J connectivity index is 1.94. The van der Waals surface area contributed by atoms with Gasteiger partial charge in [-0.25, -0.2) is 0 Å². The maximum Gasteiger partial charge on any atom is 0.238 e. The van der Waals surface area contributed by atoms with Crippen LogP contribution in [-0.2, 0) is 24.2 Å². The second-order valence-electron chi connectivity index (χ2n) is 5.74. The smallest absolute Gasteiger partial charge is 0.238 e. The molecule has 3 nitrogen and oxygen atoms in total. The Morgan fingerprint density at radius 2 is 1.52 bits per heavy atom. The van der Waals surface area contributed by atoms with Crippen molar-refractivity contribution in [1.82, 2.24) is 5.32 Å². The lowest BCUT2D eigenvalue weighted by molar-refractivity contribution is -0.115. The molecule has 23 heavy (non-hydrogen) atoms. The second kappa shape index (κ2) is 8.49. The molecule has 1 amide bonds. The van der Waals surface area contributed by atoms with E-state index in [0.717, 1.165) is 18.5 Å². The maximum absolute atomic E-state index is 12.3. The summed E-state index contributed by atoms with van der Waals surface area (Å²) in [7, 11) is 0. The second-order valence-corrected chi connectivity index (χ2v) is 5.74. The number of anilines is 1. The number of nitrogens with one attached hydrogen (secondary N) is 2. The Kier molecular flexibility index (Phi) is 6.36. The van der Waals surface area contributed by atoms with Crippen molar-refractivity contribution in [2.45, 2.75) is 40.2 Å². The Labute approximate surface area is 139 Å². The molecule has 3 heteroatoms. The lowest BCUT2D eigenvalue weighted by Crippen LogP contribution is -2.28. The quantitative estimate of drug-likeness (QED) is 0.815. The summed E-state index contributed by atoms with van der Waals surface area (Å²) >= 11 is 0. The van der Waals surface area contributed by atoms with E-state index in [-0.39, 0.29) is 5.91 Å². The first-order valence-corrected chi connectivity index (χ1v) is 8.31. The summed E-state index contributed by atoms with van der Waals surface area (Å²) in [5.41, 5.74) is 5.84. The first-order valence-electron chi connectivity index (χ1n) is 8.31. The average molecular weight is 310 g/mol. The highest BCUT2D eigenvalue weighted by Gasteiger charge is 2.09. The van der Waals surface area contributed by atoms with Gasteiger partial charge in [-0.1, -0.05) is 56.3 Å². The molecule has 0 heterocycles. The van der Waals surface area contributed by atoms with E-state index in [9.17, 15) is 4.79 Å². The summed E-state index contributed by atoms with van der Waals surface area (Å²) < 4.78 is 0. The number of amides is 1. The van der Waals surface area contributed by atoms with E-state index in [1.54, 1.807) is 0 Å². The molecule has 0 radical (unpaired) electrons. The SMILES string of the molecule is CCc1cccc(CC)c1NC(=O)CNCc1ccccc1C. The largest absolute Gasteiger partial charge is 0.324 e. The van der Waals surface area contributed by atoms with Crippen molar-refractivity contribution in [3.63, 3.8) is 0 Å². The number of carbonyl (C=O) groups is 1. The van der Waals surface area contributed by atoms with E-state index in [4.69, 9.17) is 0 Å². The van der Waals surface area contributed by atoms with Gasteiger partial charge in [0.2, 0.25) is 5.91 Å². The number of hydrogen-bond acceptors (Lipinski definition) is 2. The zero-order valence-electron chi connectivity index (χ0n) is 14.3. The van der Waals surface area contributed by atoms with Crippen molar-refractivity contribution in [1.29, 1.82) is 0 Å². The van der Waals surface area contributed by atoms with Gasteiger partial charge in [-0.15, -0.1) is 0 Å². The number of para-hydroxylation sites is 1. The molecular weight excluding hydrogens is 284 g/mol. The lowest BCUT2D eigenvalue weighted by atomic mass is 10.0. The van der Waals surface area contributed by atoms with Crippen LogP contribution in [0.2, 0.25) is 0 Å². The molecule has 0 atom stereocenters. The van der Waals surface area contributed by atoms with Gasteiger partial charge in [0.1, 0.15) is 0 Å². The van der Waals surface area contributed by atoms with Crippen LogP contribution in [0.1, 0.15) is 36.1 Å². The summed E-state index contributed by atoms with van der Waals surface area (Å²) in [6.07, 6.45) is 1.83. The normalized spacial score (nSPS) is 10.6. The number of rotatable bonds is 7. The highest BCUT2D eigenvalue weighted by Crippen LogP contribution is 2.22. The summed E-state index contributed by atoms with van der Waals surface area (Å²) in [4.78, 5) is 12.3. The van der Waals surface area contributed by atoms with Crippen molar-refractivity contribution in [2.75, 3.05) is 11.9 Å². The van der Waals surface area contributed by atoms with Crippen molar-refractivity contribution in [3.8, 4) is 0 Å². The van der Waals surface area contributed by atoms with Crippen molar-refractivity contribution in [3.05, 3.63) is 64.7 Å². The molecule has 2 aromatic rings. The standard InChI is InChI=1S/C20H26N2O/c1-4-16-11-8-12-17(5-2)20(16)22-19(23)14-21-13-18-10-7-6-9-15(18)3/h6-12,21H,4-5,13-14H2,1-3H3,(H,22,23). The van der Waals surface area contributed by atoms with Crippen LogP contribution in [0.4, 0.5) is 5.69 Å². The van der Waals surface area contributed by atoms with Gasteiger partial charge in [0, 0.05) is 12.2 Å². The van der Waals surface area contributed by atoms with E-state index in [1.807, 2.05) is 12.1 Å². The van der Waals surface area contributed by atoms with Crippen LogP contribution >= 0.6 is 0 Å². The van der Waals surface area contributed by atoms with Gasteiger partial charge in [0.05, 0.1) is 6.54 Å². The van der Waals surface area contributed by atoms with E-state index >= 15 is 0 Å². The van der Waals surface area contributed by atoms with Gasteiger partial charge in [-0.3, -0.25) is 4.79 Å². The Morgan fingerprint density at radius 3 is 2.13 bits per heavy atom. The summed E-state index contributed by atoms with van der Waals surface area (Å²) in [5, 5.41) is 6.31. The third kappa shape index (κ3) is 4.67. The fourth-order valence-corrected chi connectivity index (χ4v) is 2.71. The summed E-state index contributed by atoms with van der Waals surface area (Å²) in [6.45, 7) is 7.33. The first-order chi connectivity index (χ1) is 11.2. The van der Waals surface area contributed by atoms with Crippen LogP contribution in [0.25, 0.3) is 0 Å². The van der Waals surface area contributed by atoms with Crippen LogP contribution in [-0.4, -0.2) is 12.5 Å². The molecule has 2 N–H and O–H groups in total. The lowest BCUT2D eigenvalue weighted by Gasteiger charge is -2.15. The zero-order chi connectivity index (χ0) is 16.7. The van der Waals surface area contributed by atoms with Crippen LogP contribution in [0.15, 0.2) is 42.5 Å². The third-order valence-corrected chi connectivity index (χ3v) is 4.13. The molecule has 0 aliphatic heterocycles. The summed E-state index contributed by atoms with van der Waals surface area (Å²) in [6, 6.07) is 14.4. The Bertz CT molecular complexity index is 642. The molecule has 0 saturated carbocycles. The average Bonchev–Trinajstić information content (AvgIpc) is 2.56. The van der Waals surface area contributed by atoms with Gasteiger partial charge in [0.25, 0.3) is 0 Å². The molecule has 0 saturated heterocycles. The van der Waals surface area contributed by atoms with Gasteiger partial charge in [0.15, 0.2) is 0 Å². The molecule has 0 spiro atoms. The highest BCUT2D eigenvalue weighted by molar-refractivity contribution is 5.93. The van der Waals surface area contributed by atoms with Crippen LogP contribution in [0.3, 0.4) is 0 Å². The van der Waals surface area contributed by atoms with E-state index in [2.05, 4.69) is 61.7 Å². The minimum atomic E-state index is 0.00850. The summed E-state index contributed by atoms with van der Waals surface area (Å²) in [5.74, 6) is 0.00850. The molecule has 2 aromatic carbocycles. The molecule has 2 rings (SSSR count). The monoisotopic (exact) mass is 310 g/mol. The predicted octanol–water partition coefficient (Wildman–Crippen LogP) is 3.85. The Hall–Kier alpha value is -2.13. The Morgan fingerprint density at radius 1 is 0.913 bits per heavy atom. The highest BCUT2D eigenvalue weighted by atomic mass is 16.1. The van der Waals surface area contributed by atoms with E-state index in [0.29, 0.717) is 13.1 Å². The van der Waals surface area contributed by atoms with Crippen molar-refractivity contribution in [2.24, 2.45) is 0 Å². The molecule has 0 fully saturated rings. The van der Waals surface area contributed by atoms with Crippen LogP contribution in [0, 0.1) is 6.92 Å². The minimum absolute atomic E-state index is 0.00850. The van der Waals surface area contributed by atoms with Gasteiger partial charge in [-0.05, 0) is 42.0 Å². The molecule has 0 aliphatic rings. The number of carbonyl (C=O) groups excluding carboxylic acids is 1. The molecule has 0 bridgehead atoms. The first kappa shape index (κ1) is 17.2. The zero-order valence-corrected chi connectivity index (χ0v) is 14.3. The van der Waals surface area contributed by atoms with Gasteiger partial charge >= 0.3 is 0 Å². The molecular formula is C20H26N2O. The topological polar surface area (TPSA) is 41.1 Å². The number of aryl methyl sites for hydroxylation is 3. The van der Waals surface area contributed by atoms with Crippen molar-refractivity contribution >= 4 is 11.6 Å². The number of hydrogen-bond donors (Lipinski definition) is 2. The molecule has 0 unspecified atom stereocenters. The number of benzene rings is 2. The minimum Gasteiger partial charge on any atom is -0.324 e.